The average molecular weight is 287 g/mol. The summed E-state index contributed by atoms with van der Waals surface area (Å²) in [6.07, 6.45) is 3.84. The Morgan fingerprint density at radius 3 is 2.48 bits per heavy atom. The first-order chi connectivity index (χ1) is 10.4. The standard InChI is InChI=1S/C16H25N5/c1-2-14(8-17-3-1)11-19-4-6-20(7-5-19)16-12-21(13-16)15-9-18-10-15/h1-3,8,15-16,18H,4-7,9-13H2. The number of hydrogen-bond acceptors (Lipinski definition) is 5. The van der Waals surface area contributed by atoms with Crippen LogP contribution in [0.3, 0.4) is 0 Å². The summed E-state index contributed by atoms with van der Waals surface area (Å²) in [7, 11) is 0. The molecule has 0 atom stereocenters. The second-order valence-corrected chi connectivity index (χ2v) is 6.59. The van der Waals surface area contributed by atoms with Gasteiger partial charge in [0, 0.05) is 83.4 Å². The molecule has 0 radical (unpaired) electrons. The van der Waals surface area contributed by atoms with Gasteiger partial charge in [-0.25, -0.2) is 0 Å². The summed E-state index contributed by atoms with van der Waals surface area (Å²) in [6.45, 7) is 10.9. The number of piperazine rings is 1. The van der Waals surface area contributed by atoms with E-state index in [1.54, 1.807) is 0 Å². The van der Waals surface area contributed by atoms with Crippen LogP contribution in [0.25, 0.3) is 0 Å². The number of hydrogen-bond donors (Lipinski definition) is 1. The van der Waals surface area contributed by atoms with Crippen molar-refractivity contribution in [3.63, 3.8) is 0 Å². The van der Waals surface area contributed by atoms with Gasteiger partial charge in [0.1, 0.15) is 0 Å². The molecule has 4 heterocycles. The summed E-state index contributed by atoms with van der Waals surface area (Å²) in [6, 6.07) is 5.85. The molecule has 0 aromatic carbocycles. The van der Waals surface area contributed by atoms with Crippen LogP contribution in [0.4, 0.5) is 0 Å². The number of aromatic nitrogens is 1. The van der Waals surface area contributed by atoms with E-state index in [1.807, 2.05) is 18.5 Å². The largest absolute Gasteiger partial charge is 0.314 e. The Bertz CT molecular complexity index is 447. The lowest BCUT2D eigenvalue weighted by molar-refractivity contribution is -0.0283. The molecule has 1 aromatic heterocycles. The van der Waals surface area contributed by atoms with Crippen molar-refractivity contribution >= 4 is 0 Å². The van der Waals surface area contributed by atoms with E-state index in [4.69, 9.17) is 0 Å². The van der Waals surface area contributed by atoms with Crippen LogP contribution in [-0.4, -0.2) is 84.1 Å². The van der Waals surface area contributed by atoms with E-state index < -0.39 is 0 Å². The van der Waals surface area contributed by atoms with E-state index >= 15 is 0 Å². The molecule has 0 bridgehead atoms. The topological polar surface area (TPSA) is 34.6 Å². The first-order valence-corrected chi connectivity index (χ1v) is 8.18. The molecule has 0 aliphatic carbocycles. The molecule has 3 fully saturated rings. The molecular weight excluding hydrogens is 262 g/mol. The Morgan fingerprint density at radius 2 is 1.86 bits per heavy atom. The van der Waals surface area contributed by atoms with Crippen LogP contribution in [0.1, 0.15) is 5.56 Å². The van der Waals surface area contributed by atoms with Gasteiger partial charge < -0.3 is 5.32 Å². The second-order valence-electron chi connectivity index (χ2n) is 6.59. The van der Waals surface area contributed by atoms with Crippen LogP contribution in [0.15, 0.2) is 24.5 Å². The zero-order chi connectivity index (χ0) is 14.1. The van der Waals surface area contributed by atoms with Crippen LogP contribution < -0.4 is 5.32 Å². The molecule has 5 heteroatoms. The fraction of sp³-hybridized carbons (Fsp3) is 0.688. The van der Waals surface area contributed by atoms with Crippen molar-refractivity contribution in [3.8, 4) is 0 Å². The Labute approximate surface area is 126 Å². The Balaban J connectivity index is 1.20. The number of nitrogens with zero attached hydrogens (tertiary/aromatic N) is 4. The summed E-state index contributed by atoms with van der Waals surface area (Å²) in [5.41, 5.74) is 1.33. The van der Waals surface area contributed by atoms with Crippen LogP contribution in [0.2, 0.25) is 0 Å². The van der Waals surface area contributed by atoms with Gasteiger partial charge in [-0.05, 0) is 11.6 Å². The minimum Gasteiger partial charge on any atom is -0.314 e. The summed E-state index contributed by atoms with van der Waals surface area (Å²) < 4.78 is 0. The molecule has 0 unspecified atom stereocenters. The van der Waals surface area contributed by atoms with Gasteiger partial charge in [0.05, 0.1) is 0 Å². The molecule has 0 spiro atoms. The third-order valence-corrected chi connectivity index (χ3v) is 5.22. The molecule has 3 saturated heterocycles. The predicted octanol–water partition coefficient (Wildman–Crippen LogP) is -0.145. The maximum atomic E-state index is 4.21. The normalized spacial score (nSPS) is 26.5. The van der Waals surface area contributed by atoms with Crippen LogP contribution in [-0.2, 0) is 6.54 Å². The highest BCUT2D eigenvalue weighted by atomic mass is 15.4. The van der Waals surface area contributed by atoms with Crippen LogP contribution in [0.5, 0.6) is 0 Å². The number of nitrogens with one attached hydrogen (secondary N) is 1. The van der Waals surface area contributed by atoms with E-state index in [2.05, 4.69) is 31.1 Å². The van der Waals surface area contributed by atoms with Gasteiger partial charge >= 0.3 is 0 Å². The zero-order valence-electron chi connectivity index (χ0n) is 12.6. The molecule has 0 saturated carbocycles. The molecule has 0 amide bonds. The van der Waals surface area contributed by atoms with Crippen molar-refractivity contribution in [3.05, 3.63) is 30.1 Å². The number of rotatable bonds is 4. The maximum absolute atomic E-state index is 4.21. The molecule has 3 aliphatic rings. The van der Waals surface area contributed by atoms with Gasteiger partial charge in [0.15, 0.2) is 0 Å². The summed E-state index contributed by atoms with van der Waals surface area (Å²) in [5, 5.41) is 3.37. The highest BCUT2D eigenvalue weighted by Gasteiger charge is 2.38. The maximum Gasteiger partial charge on any atom is 0.0351 e. The predicted molar refractivity (Wildman–Crippen MR) is 83.1 cm³/mol. The quantitative estimate of drug-likeness (QED) is 0.833. The zero-order valence-corrected chi connectivity index (χ0v) is 12.6. The van der Waals surface area contributed by atoms with Crippen molar-refractivity contribution in [1.29, 1.82) is 0 Å². The Hall–Kier alpha value is -1.01. The Kier molecular flexibility index (Phi) is 3.90. The minimum atomic E-state index is 0.811. The lowest BCUT2D eigenvalue weighted by atomic mass is 10.00. The molecule has 3 aliphatic heterocycles. The third-order valence-electron chi connectivity index (χ3n) is 5.22. The van der Waals surface area contributed by atoms with Crippen molar-refractivity contribution in [1.82, 2.24) is 25.0 Å². The van der Waals surface area contributed by atoms with Crippen molar-refractivity contribution in [2.24, 2.45) is 0 Å². The fourth-order valence-corrected chi connectivity index (χ4v) is 3.59. The monoisotopic (exact) mass is 287 g/mol. The van der Waals surface area contributed by atoms with Gasteiger partial charge in [-0.3, -0.25) is 19.7 Å². The molecule has 4 rings (SSSR count). The summed E-state index contributed by atoms with van der Waals surface area (Å²) in [4.78, 5) is 12.1. The van der Waals surface area contributed by atoms with Crippen LogP contribution >= 0.6 is 0 Å². The minimum absolute atomic E-state index is 0.811. The third kappa shape index (κ3) is 2.97. The molecule has 5 nitrogen and oxygen atoms in total. The van der Waals surface area contributed by atoms with Gasteiger partial charge in [0.2, 0.25) is 0 Å². The van der Waals surface area contributed by atoms with E-state index in [9.17, 15) is 0 Å². The summed E-state index contributed by atoms with van der Waals surface area (Å²) >= 11 is 0. The van der Waals surface area contributed by atoms with Gasteiger partial charge in [-0.2, -0.15) is 0 Å². The van der Waals surface area contributed by atoms with Crippen molar-refractivity contribution in [2.45, 2.75) is 18.6 Å². The Morgan fingerprint density at radius 1 is 1.05 bits per heavy atom. The summed E-state index contributed by atoms with van der Waals surface area (Å²) in [5.74, 6) is 0. The average Bonchev–Trinajstić information content (AvgIpc) is 2.43. The lowest BCUT2D eigenvalue weighted by Crippen LogP contribution is -2.70. The molecule has 21 heavy (non-hydrogen) atoms. The lowest BCUT2D eigenvalue weighted by Gasteiger charge is -2.52. The highest BCUT2D eigenvalue weighted by Crippen LogP contribution is 2.21. The van der Waals surface area contributed by atoms with E-state index in [-0.39, 0.29) is 0 Å². The van der Waals surface area contributed by atoms with Gasteiger partial charge in [-0.1, -0.05) is 6.07 Å². The SMILES string of the molecule is c1cncc(CN2CCN(C3CN(C4CNC4)C3)CC2)c1. The van der Waals surface area contributed by atoms with E-state index in [0.717, 1.165) is 18.6 Å². The molecular formula is C16H25N5. The van der Waals surface area contributed by atoms with Gasteiger partial charge in [-0.15, -0.1) is 0 Å². The van der Waals surface area contributed by atoms with E-state index in [1.165, 1.54) is 57.9 Å². The fourth-order valence-electron chi connectivity index (χ4n) is 3.59. The van der Waals surface area contributed by atoms with Gasteiger partial charge in [0.25, 0.3) is 0 Å². The number of likely N-dealkylation sites (tertiary alicyclic amines) is 1. The first-order valence-electron chi connectivity index (χ1n) is 8.18. The highest BCUT2D eigenvalue weighted by molar-refractivity contribution is 5.08. The molecule has 114 valence electrons. The first kappa shape index (κ1) is 13.6. The second kappa shape index (κ2) is 6.01. The van der Waals surface area contributed by atoms with Crippen molar-refractivity contribution < 1.29 is 0 Å². The van der Waals surface area contributed by atoms with E-state index in [0.29, 0.717) is 0 Å². The number of pyridine rings is 1. The van der Waals surface area contributed by atoms with Crippen molar-refractivity contribution in [2.75, 3.05) is 52.4 Å². The van der Waals surface area contributed by atoms with Crippen LogP contribution in [0, 0.1) is 0 Å². The smallest absolute Gasteiger partial charge is 0.0351 e. The molecule has 1 N–H and O–H groups in total. The molecule has 1 aromatic rings.